The molecule has 0 aromatic carbocycles. The lowest BCUT2D eigenvalue weighted by molar-refractivity contribution is -0.131. The third-order valence-electron chi connectivity index (χ3n) is 4.44. The molecule has 0 radical (unpaired) electrons. The zero-order valence-corrected chi connectivity index (χ0v) is 12.0. The SMILES string of the molecule is CCOC1CC(NCC2CCCCN2C)C1OC. The van der Waals surface area contributed by atoms with Gasteiger partial charge in [-0.15, -0.1) is 0 Å². The van der Waals surface area contributed by atoms with Crippen molar-refractivity contribution < 1.29 is 9.47 Å². The summed E-state index contributed by atoms with van der Waals surface area (Å²) in [6, 6.07) is 1.17. The van der Waals surface area contributed by atoms with Crippen LogP contribution < -0.4 is 5.32 Å². The van der Waals surface area contributed by atoms with Gasteiger partial charge in [0.05, 0.1) is 12.2 Å². The van der Waals surface area contributed by atoms with E-state index in [-0.39, 0.29) is 6.10 Å². The van der Waals surface area contributed by atoms with Crippen LogP contribution in [0.4, 0.5) is 0 Å². The second-order valence-corrected chi connectivity index (χ2v) is 5.57. The maximum atomic E-state index is 5.65. The monoisotopic (exact) mass is 256 g/mol. The van der Waals surface area contributed by atoms with Gasteiger partial charge >= 0.3 is 0 Å². The molecule has 4 unspecified atom stereocenters. The minimum Gasteiger partial charge on any atom is -0.377 e. The summed E-state index contributed by atoms with van der Waals surface area (Å²) in [5, 5.41) is 3.66. The van der Waals surface area contributed by atoms with Crippen molar-refractivity contribution in [2.24, 2.45) is 0 Å². The predicted octanol–water partition coefficient (Wildman–Crippen LogP) is 1.25. The highest BCUT2D eigenvalue weighted by atomic mass is 16.5. The summed E-state index contributed by atoms with van der Waals surface area (Å²) in [4.78, 5) is 2.48. The number of nitrogens with one attached hydrogen (secondary N) is 1. The fourth-order valence-corrected chi connectivity index (χ4v) is 3.16. The summed E-state index contributed by atoms with van der Waals surface area (Å²) in [5.74, 6) is 0. The highest BCUT2D eigenvalue weighted by Crippen LogP contribution is 2.27. The molecule has 18 heavy (non-hydrogen) atoms. The number of likely N-dealkylation sites (tertiary alicyclic amines) is 1. The summed E-state index contributed by atoms with van der Waals surface area (Å²) in [6.45, 7) is 5.15. The molecule has 1 saturated carbocycles. The Labute approximate surface area is 111 Å². The first-order valence-electron chi connectivity index (χ1n) is 7.34. The summed E-state index contributed by atoms with van der Waals surface area (Å²) >= 11 is 0. The van der Waals surface area contributed by atoms with Crippen LogP contribution in [0.15, 0.2) is 0 Å². The van der Waals surface area contributed by atoms with Crippen LogP contribution in [0, 0.1) is 0 Å². The van der Waals surface area contributed by atoms with Crippen molar-refractivity contribution in [3.05, 3.63) is 0 Å². The standard InChI is InChI=1S/C14H28N2O2/c1-4-18-13-9-12(14(13)17-3)15-10-11-7-5-6-8-16(11)2/h11-15H,4-10H2,1-3H3. The number of nitrogens with zero attached hydrogens (tertiary/aromatic N) is 1. The van der Waals surface area contributed by atoms with E-state index in [9.17, 15) is 0 Å². The van der Waals surface area contributed by atoms with Gasteiger partial charge in [-0.2, -0.15) is 0 Å². The van der Waals surface area contributed by atoms with Crippen LogP contribution in [0.2, 0.25) is 0 Å². The lowest BCUT2D eigenvalue weighted by Crippen LogP contribution is -2.61. The smallest absolute Gasteiger partial charge is 0.0986 e. The lowest BCUT2D eigenvalue weighted by Gasteiger charge is -2.44. The molecule has 1 aliphatic heterocycles. The zero-order chi connectivity index (χ0) is 13.0. The lowest BCUT2D eigenvalue weighted by atomic mass is 9.85. The van der Waals surface area contributed by atoms with Crippen LogP contribution in [0.1, 0.15) is 32.6 Å². The summed E-state index contributed by atoms with van der Waals surface area (Å²) < 4.78 is 11.2. The molecule has 0 aromatic rings. The molecule has 106 valence electrons. The Hall–Kier alpha value is -0.160. The molecule has 2 rings (SSSR count). The average molecular weight is 256 g/mol. The zero-order valence-electron chi connectivity index (χ0n) is 12.0. The maximum Gasteiger partial charge on any atom is 0.0986 e. The van der Waals surface area contributed by atoms with Crippen LogP contribution in [0.3, 0.4) is 0 Å². The Morgan fingerprint density at radius 2 is 2.17 bits per heavy atom. The molecule has 1 saturated heterocycles. The minimum atomic E-state index is 0.235. The number of piperidine rings is 1. The number of likely N-dealkylation sites (N-methyl/N-ethyl adjacent to an activating group) is 1. The van der Waals surface area contributed by atoms with E-state index in [2.05, 4.69) is 17.3 Å². The molecular weight excluding hydrogens is 228 g/mol. The van der Waals surface area contributed by atoms with Crippen molar-refractivity contribution in [1.82, 2.24) is 10.2 Å². The van der Waals surface area contributed by atoms with E-state index in [0.29, 0.717) is 18.2 Å². The molecule has 4 atom stereocenters. The van der Waals surface area contributed by atoms with Crippen molar-refractivity contribution >= 4 is 0 Å². The van der Waals surface area contributed by atoms with Crippen LogP contribution in [-0.2, 0) is 9.47 Å². The summed E-state index contributed by atoms with van der Waals surface area (Å²) in [7, 11) is 4.03. The molecule has 0 amide bonds. The quantitative estimate of drug-likeness (QED) is 0.775. The Balaban J connectivity index is 1.70. The first kappa shape index (κ1) is 14.3. The van der Waals surface area contributed by atoms with Crippen LogP contribution in [0.25, 0.3) is 0 Å². The largest absolute Gasteiger partial charge is 0.377 e. The van der Waals surface area contributed by atoms with E-state index in [1.54, 1.807) is 7.11 Å². The van der Waals surface area contributed by atoms with Crippen LogP contribution >= 0.6 is 0 Å². The van der Waals surface area contributed by atoms with Gasteiger partial charge in [0, 0.05) is 32.3 Å². The molecule has 0 bridgehead atoms. The first-order valence-corrected chi connectivity index (χ1v) is 7.34. The van der Waals surface area contributed by atoms with Gasteiger partial charge in [0.25, 0.3) is 0 Å². The van der Waals surface area contributed by atoms with E-state index < -0.39 is 0 Å². The van der Waals surface area contributed by atoms with Crippen LogP contribution in [-0.4, -0.2) is 63.0 Å². The Morgan fingerprint density at radius 3 is 2.83 bits per heavy atom. The molecule has 4 nitrogen and oxygen atoms in total. The second-order valence-electron chi connectivity index (χ2n) is 5.57. The number of hydrogen-bond donors (Lipinski definition) is 1. The van der Waals surface area contributed by atoms with Gasteiger partial charge in [0.1, 0.15) is 0 Å². The van der Waals surface area contributed by atoms with E-state index in [1.807, 2.05) is 6.92 Å². The van der Waals surface area contributed by atoms with Gasteiger partial charge in [0.15, 0.2) is 0 Å². The molecule has 2 aliphatic rings. The Morgan fingerprint density at radius 1 is 1.33 bits per heavy atom. The highest BCUT2D eigenvalue weighted by molar-refractivity contribution is 4.97. The maximum absolute atomic E-state index is 5.65. The van der Waals surface area contributed by atoms with E-state index >= 15 is 0 Å². The van der Waals surface area contributed by atoms with Crippen molar-refractivity contribution in [3.8, 4) is 0 Å². The van der Waals surface area contributed by atoms with Gasteiger partial charge < -0.3 is 19.7 Å². The van der Waals surface area contributed by atoms with Gasteiger partial charge in [-0.05, 0) is 39.8 Å². The molecule has 0 spiro atoms. The third kappa shape index (κ3) is 3.23. The first-order chi connectivity index (χ1) is 8.76. The van der Waals surface area contributed by atoms with Gasteiger partial charge in [-0.25, -0.2) is 0 Å². The fraction of sp³-hybridized carbons (Fsp3) is 1.00. The average Bonchev–Trinajstić information content (AvgIpc) is 2.35. The van der Waals surface area contributed by atoms with Crippen LogP contribution in [0.5, 0.6) is 0 Å². The Bertz CT molecular complexity index is 250. The molecular formula is C14H28N2O2. The number of hydrogen-bond acceptors (Lipinski definition) is 4. The predicted molar refractivity (Wildman–Crippen MR) is 72.9 cm³/mol. The van der Waals surface area contributed by atoms with Gasteiger partial charge in [0.2, 0.25) is 0 Å². The van der Waals surface area contributed by atoms with Crippen molar-refractivity contribution in [3.63, 3.8) is 0 Å². The second kappa shape index (κ2) is 6.85. The molecule has 2 fully saturated rings. The number of rotatable bonds is 6. The topological polar surface area (TPSA) is 33.7 Å². The number of ether oxygens (including phenoxy) is 2. The van der Waals surface area contributed by atoms with E-state index in [4.69, 9.17) is 9.47 Å². The van der Waals surface area contributed by atoms with E-state index in [1.165, 1.54) is 25.8 Å². The normalized spacial score (nSPS) is 37.5. The van der Waals surface area contributed by atoms with Crippen molar-refractivity contribution in [2.75, 3.05) is 33.9 Å². The molecule has 1 aliphatic carbocycles. The minimum absolute atomic E-state index is 0.235. The number of methoxy groups -OCH3 is 1. The molecule has 4 heteroatoms. The van der Waals surface area contributed by atoms with Gasteiger partial charge in [-0.1, -0.05) is 6.42 Å². The van der Waals surface area contributed by atoms with Crippen molar-refractivity contribution in [2.45, 2.75) is 56.9 Å². The third-order valence-corrected chi connectivity index (χ3v) is 4.44. The van der Waals surface area contributed by atoms with Crippen molar-refractivity contribution in [1.29, 1.82) is 0 Å². The summed E-state index contributed by atoms with van der Waals surface area (Å²) in [5.41, 5.74) is 0. The van der Waals surface area contributed by atoms with Gasteiger partial charge in [-0.3, -0.25) is 0 Å². The molecule has 0 aromatic heterocycles. The Kier molecular flexibility index (Phi) is 5.42. The highest BCUT2D eigenvalue weighted by Gasteiger charge is 2.42. The van der Waals surface area contributed by atoms with E-state index in [0.717, 1.165) is 19.6 Å². The molecule has 1 N–H and O–H groups in total. The molecule has 1 heterocycles. The summed E-state index contributed by atoms with van der Waals surface area (Å²) in [6.07, 6.45) is 5.66. The fourth-order valence-electron chi connectivity index (χ4n) is 3.16.